The van der Waals surface area contributed by atoms with E-state index in [0.717, 1.165) is 59.9 Å². The molecule has 6 rings (SSSR count). The Hall–Kier alpha value is -4.91. The van der Waals surface area contributed by atoms with E-state index in [1.807, 2.05) is 110 Å². The van der Waals surface area contributed by atoms with E-state index >= 15 is 0 Å². The SMILES string of the molecule is Cc1ccn2c(C(=O)C(=O)Nc3ccc(N4CCN(c5ccccn5)CC4)cc3)c(-c3ccccc3)cc2c1. The number of hydrogen-bond donors (Lipinski definition) is 1. The van der Waals surface area contributed by atoms with Crippen molar-refractivity contribution in [1.82, 2.24) is 9.38 Å². The van der Waals surface area contributed by atoms with Gasteiger partial charge in [0.2, 0.25) is 0 Å². The molecule has 0 atom stereocenters. The summed E-state index contributed by atoms with van der Waals surface area (Å²) >= 11 is 0. The molecule has 5 aromatic rings. The molecule has 1 N–H and O–H groups in total. The molecule has 7 heteroatoms. The van der Waals surface area contributed by atoms with Crippen LogP contribution in [0.3, 0.4) is 0 Å². The van der Waals surface area contributed by atoms with E-state index in [2.05, 4.69) is 20.1 Å². The van der Waals surface area contributed by atoms with E-state index in [4.69, 9.17) is 0 Å². The fourth-order valence-electron chi connectivity index (χ4n) is 5.14. The maximum Gasteiger partial charge on any atom is 0.298 e. The summed E-state index contributed by atoms with van der Waals surface area (Å²) in [6.45, 7) is 5.54. The standard InChI is InChI=1S/C32H29N5O2/c1-23-14-16-37-27(21-23)22-28(24-7-3-2-4-8-24)30(37)31(38)32(39)34-25-10-12-26(13-11-25)35-17-19-36(20-18-35)29-9-5-6-15-33-29/h2-16,21-22H,17-20H2,1H3,(H,34,39). The molecule has 2 aromatic carbocycles. The average Bonchev–Trinajstić information content (AvgIpc) is 3.36. The van der Waals surface area contributed by atoms with E-state index in [-0.39, 0.29) is 0 Å². The summed E-state index contributed by atoms with van der Waals surface area (Å²) in [5.74, 6) is -0.238. The van der Waals surface area contributed by atoms with E-state index in [1.54, 1.807) is 4.40 Å². The Kier molecular flexibility index (Phi) is 6.55. The molecule has 1 fully saturated rings. The highest BCUT2D eigenvalue weighted by Gasteiger charge is 2.25. The quantitative estimate of drug-likeness (QED) is 0.240. The monoisotopic (exact) mass is 515 g/mol. The van der Waals surface area contributed by atoms with Gasteiger partial charge in [-0.25, -0.2) is 4.98 Å². The van der Waals surface area contributed by atoms with Crippen molar-refractivity contribution < 1.29 is 9.59 Å². The van der Waals surface area contributed by atoms with Crippen LogP contribution in [0.2, 0.25) is 0 Å². The number of anilines is 3. The molecule has 0 aliphatic carbocycles. The number of rotatable bonds is 6. The molecule has 0 spiro atoms. The normalized spacial score (nSPS) is 13.5. The highest BCUT2D eigenvalue weighted by Crippen LogP contribution is 2.29. The van der Waals surface area contributed by atoms with E-state index in [0.29, 0.717) is 11.4 Å². The number of benzene rings is 2. The molecule has 4 heterocycles. The molecule has 39 heavy (non-hydrogen) atoms. The van der Waals surface area contributed by atoms with Crippen LogP contribution < -0.4 is 15.1 Å². The van der Waals surface area contributed by atoms with Crippen molar-refractivity contribution in [2.24, 2.45) is 0 Å². The number of carbonyl (C=O) groups is 2. The molecule has 3 aromatic heterocycles. The topological polar surface area (TPSA) is 70.0 Å². The Balaban J connectivity index is 1.17. The van der Waals surface area contributed by atoms with Gasteiger partial charge in [0.05, 0.1) is 0 Å². The molecular weight excluding hydrogens is 486 g/mol. The minimum Gasteiger partial charge on any atom is -0.368 e. The average molecular weight is 516 g/mol. The van der Waals surface area contributed by atoms with Crippen LogP contribution in [0.15, 0.2) is 103 Å². The number of carbonyl (C=O) groups excluding carboxylic acids is 2. The molecule has 7 nitrogen and oxygen atoms in total. The maximum absolute atomic E-state index is 13.5. The number of Topliss-reactive ketones (excluding diaryl/α,β-unsaturated/α-hetero) is 1. The molecule has 0 radical (unpaired) electrons. The number of hydrogen-bond acceptors (Lipinski definition) is 5. The number of ketones is 1. The van der Waals surface area contributed by atoms with E-state index < -0.39 is 11.7 Å². The number of aryl methyl sites for hydroxylation is 1. The van der Waals surface area contributed by atoms with Gasteiger partial charge in [0.15, 0.2) is 0 Å². The zero-order valence-corrected chi connectivity index (χ0v) is 21.7. The molecule has 0 unspecified atom stereocenters. The van der Waals surface area contributed by atoms with Crippen LogP contribution >= 0.6 is 0 Å². The Bertz CT molecular complexity index is 1620. The third-order valence-corrected chi connectivity index (χ3v) is 7.18. The van der Waals surface area contributed by atoms with Gasteiger partial charge in [0, 0.05) is 61.0 Å². The van der Waals surface area contributed by atoms with Gasteiger partial charge in [0.1, 0.15) is 11.5 Å². The number of nitrogens with zero attached hydrogens (tertiary/aromatic N) is 4. The number of nitrogens with one attached hydrogen (secondary N) is 1. The Morgan fingerprint density at radius 1 is 0.795 bits per heavy atom. The van der Waals surface area contributed by atoms with Gasteiger partial charge in [-0.15, -0.1) is 0 Å². The van der Waals surface area contributed by atoms with Crippen molar-refractivity contribution >= 4 is 34.4 Å². The number of aromatic nitrogens is 2. The van der Waals surface area contributed by atoms with Gasteiger partial charge in [-0.2, -0.15) is 0 Å². The van der Waals surface area contributed by atoms with Crippen LogP contribution in [0.5, 0.6) is 0 Å². The van der Waals surface area contributed by atoms with E-state index in [9.17, 15) is 9.59 Å². The summed E-state index contributed by atoms with van der Waals surface area (Å²) in [6.07, 6.45) is 3.67. The molecular formula is C32H29N5O2. The molecule has 0 bridgehead atoms. The molecule has 1 saturated heterocycles. The summed E-state index contributed by atoms with van der Waals surface area (Å²) in [5.41, 5.74) is 5.61. The second-order valence-corrected chi connectivity index (χ2v) is 9.76. The largest absolute Gasteiger partial charge is 0.368 e. The van der Waals surface area contributed by atoms with Crippen LogP contribution in [0.4, 0.5) is 17.2 Å². The third-order valence-electron chi connectivity index (χ3n) is 7.18. The number of piperazine rings is 1. The van der Waals surface area contributed by atoms with Gasteiger partial charge in [-0.05, 0) is 72.6 Å². The third kappa shape index (κ3) is 4.99. The zero-order valence-electron chi connectivity index (χ0n) is 21.7. The van der Waals surface area contributed by atoms with Crippen molar-refractivity contribution in [3.05, 3.63) is 115 Å². The lowest BCUT2D eigenvalue weighted by atomic mass is 10.0. The van der Waals surface area contributed by atoms with Crippen LogP contribution in [-0.4, -0.2) is 47.3 Å². The molecule has 0 saturated carbocycles. The second kappa shape index (κ2) is 10.5. The van der Waals surface area contributed by atoms with Gasteiger partial charge in [-0.3, -0.25) is 9.59 Å². The van der Waals surface area contributed by atoms with Crippen molar-refractivity contribution in [3.8, 4) is 11.1 Å². The summed E-state index contributed by atoms with van der Waals surface area (Å²) in [5, 5.41) is 2.81. The van der Waals surface area contributed by atoms with Crippen LogP contribution in [-0.2, 0) is 4.79 Å². The first-order valence-corrected chi connectivity index (χ1v) is 13.1. The van der Waals surface area contributed by atoms with E-state index in [1.165, 1.54) is 0 Å². The highest BCUT2D eigenvalue weighted by atomic mass is 16.2. The first-order valence-electron chi connectivity index (χ1n) is 13.1. The van der Waals surface area contributed by atoms with Gasteiger partial charge in [-0.1, -0.05) is 36.4 Å². The Morgan fingerprint density at radius 2 is 1.51 bits per heavy atom. The number of pyridine rings is 2. The molecule has 1 aliphatic rings. The second-order valence-electron chi connectivity index (χ2n) is 9.76. The predicted molar refractivity (Wildman–Crippen MR) is 156 cm³/mol. The highest BCUT2D eigenvalue weighted by molar-refractivity contribution is 6.47. The Labute approximate surface area is 227 Å². The summed E-state index contributed by atoms with van der Waals surface area (Å²) < 4.78 is 1.80. The molecule has 194 valence electrons. The van der Waals surface area contributed by atoms with Crippen molar-refractivity contribution in [3.63, 3.8) is 0 Å². The van der Waals surface area contributed by atoms with Crippen molar-refractivity contribution in [1.29, 1.82) is 0 Å². The van der Waals surface area contributed by atoms with Crippen molar-refractivity contribution in [2.45, 2.75) is 6.92 Å². The molecule has 1 amide bonds. The summed E-state index contributed by atoms with van der Waals surface area (Å²) in [7, 11) is 0. The van der Waals surface area contributed by atoms with Crippen LogP contribution in [0.1, 0.15) is 16.1 Å². The lowest BCUT2D eigenvalue weighted by molar-refractivity contribution is -0.112. The van der Waals surface area contributed by atoms with Crippen LogP contribution in [0, 0.1) is 6.92 Å². The van der Waals surface area contributed by atoms with Crippen molar-refractivity contribution in [2.75, 3.05) is 41.3 Å². The lowest BCUT2D eigenvalue weighted by Gasteiger charge is -2.36. The molecule has 1 aliphatic heterocycles. The lowest BCUT2D eigenvalue weighted by Crippen LogP contribution is -2.46. The fraction of sp³-hybridized carbons (Fsp3) is 0.156. The van der Waals surface area contributed by atoms with Gasteiger partial charge in [0.25, 0.3) is 11.7 Å². The first kappa shape index (κ1) is 24.4. The number of amides is 1. The maximum atomic E-state index is 13.5. The van der Waals surface area contributed by atoms with Crippen LogP contribution in [0.25, 0.3) is 16.6 Å². The first-order chi connectivity index (χ1) is 19.1. The number of fused-ring (bicyclic) bond motifs is 1. The minimum atomic E-state index is -0.663. The summed E-state index contributed by atoms with van der Waals surface area (Å²) in [4.78, 5) is 35.7. The van der Waals surface area contributed by atoms with Gasteiger partial charge < -0.3 is 19.5 Å². The smallest absolute Gasteiger partial charge is 0.298 e. The Morgan fingerprint density at radius 3 is 2.23 bits per heavy atom. The summed E-state index contributed by atoms with van der Waals surface area (Å²) in [6, 6.07) is 29.2. The minimum absolute atomic E-state index is 0.357. The van der Waals surface area contributed by atoms with Gasteiger partial charge >= 0.3 is 0 Å². The predicted octanol–water partition coefficient (Wildman–Crippen LogP) is 5.46. The fourth-order valence-corrected chi connectivity index (χ4v) is 5.14. The zero-order chi connectivity index (χ0) is 26.8.